The fourth-order valence-electron chi connectivity index (χ4n) is 1.52. The van der Waals surface area contributed by atoms with Gasteiger partial charge in [-0.05, 0) is 32.0 Å². The Morgan fingerprint density at radius 1 is 1.19 bits per heavy atom. The first-order chi connectivity index (χ1) is 7.83. The molecule has 0 aromatic heterocycles. The van der Waals surface area contributed by atoms with E-state index in [1.807, 2.05) is 18.2 Å². The normalized spacial score (nSPS) is 11.4. The number of aliphatic hydroxyl groups is 1. The van der Waals surface area contributed by atoms with Crippen molar-refractivity contribution in [2.75, 3.05) is 26.7 Å². The van der Waals surface area contributed by atoms with Crippen LogP contribution in [-0.2, 0) is 0 Å². The van der Waals surface area contributed by atoms with Crippen LogP contribution in [0.15, 0.2) is 36.4 Å². The Kier molecular flexibility index (Phi) is 6.54. The van der Waals surface area contributed by atoms with Crippen LogP contribution in [-0.4, -0.2) is 36.8 Å². The lowest BCUT2D eigenvalue weighted by atomic mass is 10.2. The lowest BCUT2D eigenvalue weighted by molar-refractivity contribution is 0.269. The number of hydrogen-bond donors (Lipinski definition) is 1. The van der Waals surface area contributed by atoms with Gasteiger partial charge in [0.15, 0.2) is 0 Å². The van der Waals surface area contributed by atoms with Gasteiger partial charge < -0.3 is 10.0 Å². The van der Waals surface area contributed by atoms with Crippen molar-refractivity contribution in [2.45, 2.75) is 12.8 Å². The Balaban J connectivity index is 2.21. The molecule has 2 nitrogen and oxygen atoms in total. The molecule has 1 aromatic carbocycles. The first-order valence-corrected chi connectivity index (χ1v) is 5.84. The summed E-state index contributed by atoms with van der Waals surface area (Å²) in [6.45, 7) is 2.30. The summed E-state index contributed by atoms with van der Waals surface area (Å²) in [5, 5.41) is 8.67. The smallest absolute Gasteiger partial charge is 0.0431 e. The molecule has 0 unspecified atom stereocenters. The molecule has 0 saturated heterocycles. The van der Waals surface area contributed by atoms with Crippen molar-refractivity contribution >= 4 is 6.08 Å². The molecule has 0 fully saturated rings. The van der Waals surface area contributed by atoms with Gasteiger partial charge in [-0.15, -0.1) is 0 Å². The zero-order valence-corrected chi connectivity index (χ0v) is 9.97. The predicted molar refractivity (Wildman–Crippen MR) is 69.3 cm³/mol. The molecular formula is C14H21NO. The van der Waals surface area contributed by atoms with Crippen LogP contribution in [0.25, 0.3) is 6.08 Å². The fraction of sp³-hybridized carbons (Fsp3) is 0.429. The van der Waals surface area contributed by atoms with E-state index in [4.69, 9.17) is 5.11 Å². The van der Waals surface area contributed by atoms with Crippen molar-refractivity contribution in [2.24, 2.45) is 0 Å². The molecule has 0 saturated carbocycles. The lowest BCUT2D eigenvalue weighted by Crippen LogP contribution is -2.19. The first-order valence-electron chi connectivity index (χ1n) is 5.84. The molecule has 0 amide bonds. The van der Waals surface area contributed by atoms with Crippen LogP contribution in [0, 0.1) is 0 Å². The minimum Gasteiger partial charge on any atom is -0.396 e. The molecule has 2 heteroatoms. The molecule has 0 spiro atoms. The minimum atomic E-state index is 0.299. The minimum absolute atomic E-state index is 0.299. The van der Waals surface area contributed by atoms with E-state index in [2.05, 4.69) is 36.2 Å². The summed E-state index contributed by atoms with van der Waals surface area (Å²) in [7, 11) is 2.10. The highest BCUT2D eigenvalue weighted by molar-refractivity contribution is 5.48. The van der Waals surface area contributed by atoms with Gasteiger partial charge in [-0.3, -0.25) is 0 Å². The second-order valence-corrected chi connectivity index (χ2v) is 4.01. The third kappa shape index (κ3) is 5.69. The Hall–Kier alpha value is -1.12. The number of nitrogens with zero attached hydrogens (tertiary/aromatic N) is 1. The average Bonchev–Trinajstić information content (AvgIpc) is 2.31. The molecule has 16 heavy (non-hydrogen) atoms. The Morgan fingerprint density at radius 3 is 2.62 bits per heavy atom. The largest absolute Gasteiger partial charge is 0.396 e. The second-order valence-electron chi connectivity index (χ2n) is 4.01. The lowest BCUT2D eigenvalue weighted by Gasteiger charge is -2.13. The monoisotopic (exact) mass is 219 g/mol. The third-order valence-corrected chi connectivity index (χ3v) is 2.47. The number of hydrogen-bond acceptors (Lipinski definition) is 2. The van der Waals surface area contributed by atoms with Crippen LogP contribution in [0.1, 0.15) is 18.4 Å². The number of likely N-dealkylation sites (N-methyl/N-ethyl adjacent to an activating group) is 1. The van der Waals surface area contributed by atoms with Crippen LogP contribution in [0.2, 0.25) is 0 Å². The maximum atomic E-state index is 8.67. The van der Waals surface area contributed by atoms with Crippen molar-refractivity contribution in [1.82, 2.24) is 4.90 Å². The molecule has 0 heterocycles. The molecule has 1 aromatic rings. The van der Waals surface area contributed by atoms with E-state index in [1.165, 1.54) is 5.56 Å². The topological polar surface area (TPSA) is 23.5 Å². The van der Waals surface area contributed by atoms with E-state index >= 15 is 0 Å². The van der Waals surface area contributed by atoms with Crippen molar-refractivity contribution in [1.29, 1.82) is 0 Å². The first kappa shape index (κ1) is 12.9. The fourth-order valence-corrected chi connectivity index (χ4v) is 1.52. The standard InChI is InChI=1S/C14H21NO/c1-15(11-5-6-13-16)12-7-10-14-8-3-2-4-9-14/h2-4,7-10,16H,5-6,11-13H2,1H3/b10-7+. The van der Waals surface area contributed by atoms with E-state index in [1.54, 1.807) is 0 Å². The Morgan fingerprint density at radius 2 is 1.94 bits per heavy atom. The summed E-state index contributed by atoms with van der Waals surface area (Å²) in [6.07, 6.45) is 6.27. The summed E-state index contributed by atoms with van der Waals surface area (Å²) in [4.78, 5) is 2.26. The molecule has 1 rings (SSSR count). The maximum absolute atomic E-state index is 8.67. The van der Waals surface area contributed by atoms with Gasteiger partial charge in [0.05, 0.1) is 0 Å². The average molecular weight is 219 g/mol. The van der Waals surface area contributed by atoms with Gasteiger partial charge in [0.1, 0.15) is 0 Å². The summed E-state index contributed by atoms with van der Waals surface area (Å²) >= 11 is 0. The molecule has 0 aliphatic carbocycles. The van der Waals surface area contributed by atoms with Crippen LogP contribution in [0.4, 0.5) is 0 Å². The zero-order valence-electron chi connectivity index (χ0n) is 9.97. The van der Waals surface area contributed by atoms with Crippen molar-refractivity contribution in [3.05, 3.63) is 42.0 Å². The van der Waals surface area contributed by atoms with E-state index in [0.29, 0.717) is 6.61 Å². The van der Waals surface area contributed by atoms with Gasteiger partial charge in [-0.25, -0.2) is 0 Å². The van der Waals surface area contributed by atoms with Gasteiger partial charge >= 0.3 is 0 Å². The number of unbranched alkanes of at least 4 members (excludes halogenated alkanes) is 1. The van der Waals surface area contributed by atoms with Gasteiger partial charge in [0, 0.05) is 13.2 Å². The molecule has 0 radical (unpaired) electrons. The van der Waals surface area contributed by atoms with Gasteiger partial charge in [-0.2, -0.15) is 0 Å². The Labute approximate surface area is 98.2 Å². The molecule has 0 atom stereocenters. The summed E-state index contributed by atoms with van der Waals surface area (Å²) in [6, 6.07) is 10.3. The van der Waals surface area contributed by atoms with E-state index < -0.39 is 0 Å². The van der Waals surface area contributed by atoms with Crippen molar-refractivity contribution < 1.29 is 5.11 Å². The highest BCUT2D eigenvalue weighted by Gasteiger charge is 1.94. The van der Waals surface area contributed by atoms with Crippen LogP contribution >= 0.6 is 0 Å². The quantitative estimate of drug-likeness (QED) is 0.712. The summed E-state index contributed by atoms with van der Waals surface area (Å²) in [5.74, 6) is 0. The Bertz CT molecular complexity index is 295. The van der Waals surface area contributed by atoms with Crippen molar-refractivity contribution in [3.8, 4) is 0 Å². The predicted octanol–water partition coefficient (Wildman–Crippen LogP) is 2.40. The van der Waals surface area contributed by atoms with Crippen molar-refractivity contribution in [3.63, 3.8) is 0 Å². The molecule has 0 aliphatic heterocycles. The van der Waals surface area contributed by atoms with E-state index in [9.17, 15) is 0 Å². The summed E-state index contributed by atoms with van der Waals surface area (Å²) < 4.78 is 0. The maximum Gasteiger partial charge on any atom is 0.0431 e. The van der Waals surface area contributed by atoms with E-state index in [0.717, 1.165) is 25.9 Å². The highest BCUT2D eigenvalue weighted by Crippen LogP contribution is 2.01. The number of benzene rings is 1. The molecule has 88 valence electrons. The SMILES string of the molecule is CN(C/C=C/c1ccccc1)CCCCO. The molecule has 1 N–H and O–H groups in total. The highest BCUT2D eigenvalue weighted by atomic mass is 16.2. The molecule has 0 bridgehead atoms. The number of aliphatic hydroxyl groups excluding tert-OH is 1. The molecular weight excluding hydrogens is 198 g/mol. The van der Waals surface area contributed by atoms with Crippen LogP contribution in [0.5, 0.6) is 0 Å². The summed E-state index contributed by atoms with van der Waals surface area (Å²) in [5.41, 5.74) is 1.24. The third-order valence-electron chi connectivity index (χ3n) is 2.47. The second kappa shape index (κ2) is 8.08. The van der Waals surface area contributed by atoms with Gasteiger partial charge in [-0.1, -0.05) is 42.5 Å². The van der Waals surface area contributed by atoms with Crippen LogP contribution < -0.4 is 0 Å². The van der Waals surface area contributed by atoms with Crippen LogP contribution in [0.3, 0.4) is 0 Å². The molecule has 0 aliphatic rings. The zero-order chi connectivity index (χ0) is 11.6. The van der Waals surface area contributed by atoms with E-state index in [-0.39, 0.29) is 0 Å². The van der Waals surface area contributed by atoms with Gasteiger partial charge in [0.2, 0.25) is 0 Å². The van der Waals surface area contributed by atoms with Gasteiger partial charge in [0.25, 0.3) is 0 Å². The number of rotatable bonds is 7.